The standard InChI is InChI=1S/C11H10F2O4S/c1-17-9(14)2-3-18-10-7(12)4-6(11(15)16)5-8(10)13/h4-5H,2-3H2,1H3,(H,15,16). The van der Waals surface area contributed by atoms with Crippen molar-refractivity contribution in [2.45, 2.75) is 11.3 Å². The summed E-state index contributed by atoms with van der Waals surface area (Å²) in [6.07, 6.45) is 0.0146. The highest BCUT2D eigenvalue weighted by Gasteiger charge is 2.15. The summed E-state index contributed by atoms with van der Waals surface area (Å²) in [6, 6.07) is 1.48. The number of carbonyl (C=O) groups excluding carboxylic acids is 1. The van der Waals surface area contributed by atoms with Gasteiger partial charge < -0.3 is 9.84 Å². The van der Waals surface area contributed by atoms with E-state index in [1.807, 2.05) is 0 Å². The van der Waals surface area contributed by atoms with Crippen LogP contribution in [0.25, 0.3) is 0 Å². The normalized spacial score (nSPS) is 10.2. The van der Waals surface area contributed by atoms with Crippen molar-refractivity contribution in [3.05, 3.63) is 29.3 Å². The molecule has 1 rings (SSSR count). The molecule has 98 valence electrons. The van der Waals surface area contributed by atoms with Gasteiger partial charge in [-0.2, -0.15) is 0 Å². The van der Waals surface area contributed by atoms with Crippen LogP contribution in [0.15, 0.2) is 17.0 Å². The van der Waals surface area contributed by atoms with Gasteiger partial charge in [-0.25, -0.2) is 13.6 Å². The molecule has 1 N–H and O–H groups in total. The number of carboxylic acids is 1. The zero-order chi connectivity index (χ0) is 13.7. The number of carboxylic acid groups (broad SMARTS) is 1. The van der Waals surface area contributed by atoms with E-state index in [0.717, 1.165) is 23.9 Å². The Kier molecular flexibility index (Phi) is 5.08. The monoisotopic (exact) mass is 276 g/mol. The lowest BCUT2D eigenvalue weighted by molar-refractivity contribution is -0.140. The van der Waals surface area contributed by atoms with E-state index in [0.29, 0.717) is 0 Å². The number of benzene rings is 1. The smallest absolute Gasteiger partial charge is 0.335 e. The number of hydrogen-bond donors (Lipinski definition) is 1. The Morgan fingerprint density at radius 1 is 1.33 bits per heavy atom. The first-order valence-corrected chi connectivity index (χ1v) is 5.86. The fourth-order valence-corrected chi connectivity index (χ4v) is 2.03. The van der Waals surface area contributed by atoms with E-state index in [1.54, 1.807) is 0 Å². The van der Waals surface area contributed by atoms with Crippen LogP contribution in [-0.4, -0.2) is 29.9 Å². The number of thioether (sulfide) groups is 1. The lowest BCUT2D eigenvalue weighted by atomic mass is 10.2. The van der Waals surface area contributed by atoms with Gasteiger partial charge in [0, 0.05) is 5.75 Å². The molecule has 0 saturated heterocycles. The summed E-state index contributed by atoms with van der Waals surface area (Å²) < 4.78 is 31.3. The second kappa shape index (κ2) is 6.34. The molecule has 0 bridgehead atoms. The molecule has 0 aliphatic heterocycles. The third-order valence-electron chi connectivity index (χ3n) is 2.03. The van der Waals surface area contributed by atoms with Gasteiger partial charge in [0.25, 0.3) is 0 Å². The average molecular weight is 276 g/mol. The van der Waals surface area contributed by atoms with Gasteiger partial charge in [0.2, 0.25) is 0 Å². The van der Waals surface area contributed by atoms with E-state index in [1.165, 1.54) is 7.11 Å². The second-order valence-electron chi connectivity index (χ2n) is 3.25. The first-order chi connectivity index (χ1) is 8.45. The summed E-state index contributed by atoms with van der Waals surface area (Å²) in [5.74, 6) is -3.65. The highest BCUT2D eigenvalue weighted by atomic mass is 32.2. The Morgan fingerprint density at radius 2 is 1.89 bits per heavy atom. The van der Waals surface area contributed by atoms with Crippen LogP contribution in [0.5, 0.6) is 0 Å². The van der Waals surface area contributed by atoms with Crippen LogP contribution in [0.3, 0.4) is 0 Å². The van der Waals surface area contributed by atoms with E-state index in [2.05, 4.69) is 4.74 Å². The summed E-state index contributed by atoms with van der Waals surface area (Å²) in [5, 5.41) is 8.60. The third-order valence-corrected chi connectivity index (χ3v) is 3.11. The molecule has 4 nitrogen and oxygen atoms in total. The zero-order valence-corrected chi connectivity index (χ0v) is 10.2. The zero-order valence-electron chi connectivity index (χ0n) is 9.41. The molecule has 0 amide bonds. The van der Waals surface area contributed by atoms with Gasteiger partial charge in [-0.1, -0.05) is 0 Å². The van der Waals surface area contributed by atoms with Gasteiger partial charge in [-0.05, 0) is 12.1 Å². The predicted molar refractivity (Wildman–Crippen MR) is 60.7 cm³/mol. The summed E-state index contributed by atoms with van der Waals surface area (Å²) in [5.41, 5.74) is -0.456. The van der Waals surface area contributed by atoms with E-state index in [4.69, 9.17) is 5.11 Å². The second-order valence-corrected chi connectivity index (χ2v) is 4.35. The summed E-state index contributed by atoms with van der Waals surface area (Å²) >= 11 is 0.794. The number of methoxy groups -OCH3 is 1. The fourth-order valence-electron chi connectivity index (χ4n) is 1.16. The fraction of sp³-hybridized carbons (Fsp3) is 0.273. The average Bonchev–Trinajstić information content (AvgIpc) is 2.31. The number of aromatic carboxylic acids is 1. The molecule has 0 aliphatic rings. The first-order valence-electron chi connectivity index (χ1n) is 4.87. The topological polar surface area (TPSA) is 63.6 Å². The van der Waals surface area contributed by atoms with Crippen molar-refractivity contribution in [2.24, 2.45) is 0 Å². The van der Waals surface area contributed by atoms with Gasteiger partial charge in [0.1, 0.15) is 11.6 Å². The van der Waals surface area contributed by atoms with Crippen LogP contribution in [0.4, 0.5) is 8.78 Å². The predicted octanol–water partition coefficient (Wildman–Crippen LogP) is 2.32. The number of halogens is 2. The molecule has 0 saturated carbocycles. The van der Waals surface area contributed by atoms with Crippen molar-refractivity contribution in [2.75, 3.05) is 12.9 Å². The van der Waals surface area contributed by atoms with E-state index >= 15 is 0 Å². The minimum atomic E-state index is -1.40. The Hall–Kier alpha value is -1.63. The van der Waals surface area contributed by atoms with Crippen molar-refractivity contribution in [1.82, 2.24) is 0 Å². The van der Waals surface area contributed by atoms with Gasteiger partial charge in [-0.15, -0.1) is 11.8 Å². The molecule has 0 fully saturated rings. The Bertz CT molecular complexity index is 453. The number of ether oxygens (including phenoxy) is 1. The lowest BCUT2D eigenvalue weighted by Crippen LogP contribution is -2.03. The molecule has 0 heterocycles. The van der Waals surface area contributed by atoms with Crippen molar-refractivity contribution < 1.29 is 28.2 Å². The number of hydrogen-bond acceptors (Lipinski definition) is 4. The molecular formula is C11H10F2O4S. The number of rotatable bonds is 5. The summed E-state index contributed by atoms with van der Waals surface area (Å²) in [7, 11) is 1.22. The quantitative estimate of drug-likeness (QED) is 0.660. The summed E-state index contributed by atoms with van der Waals surface area (Å²) in [6.45, 7) is 0. The van der Waals surface area contributed by atoms with Crippen molar-refractivity contribution in [1.29, 1.82) is 0 Å². The minimum absolute atomic E-state index is 0.0146. The van der Waals surface area contributed by atoms with Crippen molar-refractivity contribution >= 4 is 23.7 Å². The molecule has 1 aromatic rings. The van der Waals surface area contributed by atoms with E-state index < -0.39 is 29.1 Å². The molecule has 0 spiro atoms. The van der Waals surface area contributed by atoms with Crippen LogP contribution in [0.1, 0.15) is 16.8 Å². The molecule has 0 unspecified atom stereocenters. The highest BCUT2D eigenvalue weighted by Crippen LogP contribution is 2.27. The van der Waals surface area contributed by atoms with Crippen LogP contribution < -0.4 is 0 Å². The highest BCUT2D eigenvalue weighted by molar-refractivity contribution is 7.99. The van der Waals surface area contributed by atoms with Crippen LogP contribution in [0, 0.1) is 11.6 Å². The number of carbonyl (C=O) groups is 2. The van der Waals surface area contributed by atoms with Crippen LogP contribution in [-0.2, 0) is 9.53 Å². The van der Waals surface area contributed by atoms with Gasteiger partial charge in [0.15, 0.2) is 0 Å². The first kappa shape index (κ1) is 14.4. The van der Waals surface area contributed by atoms with Gasteiger partial charge >= 0.3 is 11.9 Å². The molecule has 0 aliphatic carbocycles. The third kappa shape index (κ3) is 3.69. The molecule has 0 atom stereocenters. The van der Waals surface area contributed by atoms with Gasteiger partial charge in [0.05, 0.1) is 24.0 Å². The maximum Gasteiger partial charge on any atom is 0.335 e. The molecule has 7 heteroatoms. The van der Waals surface area contributed by atoms with E-state index in [-0.39, 0.29) is 17.1 Å². The molecule has 0 aromatic heterocycles. The SMILES string of the molecule is COC(=O)CCSc1c(F)cc(C(=O)O)cc1F. The minimum Gasteiger partial charge on any atom is -0.478 e. The largest absolute Gasteiger partial charge is 0.478 e. The number of esters is 1. The molecule has 1 aromatic carbocycles. The Morgan fingerprint density at radius 3 is 2.33 bits per heavy atom. The lowest BCUT2D eigenvalue weighted by Gasteiger charge is -2.05. The molecule has 0 radical (unpaired) electrons. The van der Waals surface area contributed by atoms with Crippen molar-refractivity contribution in [3.63, 3.8) is 0 Å². The molecule has 18 heavy (non-hydrogen) atoms. The Labute approximate surface area is 106 Å². The summed E-state index contributed by atoms with van der Waals surface area (Å²) in [4.78, 5) is 21.1. The van der Waals surface area contributed by atoms with Crippen molar-refractivity contribution in [3.8, 4) is 0 Å². The Balaban J connectivity index is 2.78. The van der Waals surface area contributed by atoms with E-state index in [9.17, 15) is 18.4 Å². The van der Waals surface area contributed by atoms with Gasteiger partial charge in [-0.3, -0.25) is 4.79 Å². The van der Waals surface area contributed by atoms with Crippen LogP contribution in [0.2, 0.25) is 0 Å². The molecular weight excluding hydrogens is 266 g/mol. The maximum absolute atomic E-state index is 13.4. The van der Waals surface area contributed by atoms with Crippen LogP contribution >= 0.6 is 11.8 Å². The maximum atomic E-state index is 13.4.